The molecular weight excluding hydrogens is 498 g/mol. The number of halogens is 1. The maximum Gasteiger partial charge on any atom is 0.311 e. The van der Waals surface area contributed by atoms with E-state index < -0.39 is 22.4 Å². The van der Waals surface area contributed by atoms with E-state index in [-0.39, 0.29) is 5.56 Å². The minimum absolute atomic E-state index is 0.246. The van der Waals surface area contributed by atoms with Gasteiger partial charge >= 0.3 is 5.69 Å². The van der Waals surface area contributed by atoms with E-state index in [1.54, 1.807) is 10.6 Å². The van der Waals surface area contributed by atoms with Crippen molar-refractivity contribution in [3.63, 3.8) is 0 Å². The zero-order valence-electron chi connectivity index (χ0n) is 18.7. The van der Waals surface area contributed by atoms with Gasteiger partial charge in [-0.1, -0.05) is 71.5 Å². The van der Waals surface area contributed by atoms with Gasteiger partial charge in [0.05, 0.1) is 21.2 Å². The van der Waals surface area contributed by atoms with Crippen LogP contribution in [0.5, 0.6) is 5.75 Å². The third kappa shape index (κ3) is 3.57. The predicted molar refractivity (Wildman–Crippen MR) is 139 cm³/mol. The summed E-state index contributed by atoms with van der Waals surface area (Å²) in [5.74, 6) is -0.427. The van der Waals surface area contributed by atoms with Crippen molar-refractivity contribution in [1.29, 1.82) is 0 Å². The van der Waals surface area contributed by atoms with E-state index >= 15 is 0 Å². The molecule has 178 valence electrons. The van der Waals surface area contributed by atoms with Gasteiger partial charge in [0.15, 0.2) is 10.6 Å². The van der Waals surface area contributed by atoms with Crippen LogP contribution in [-0.4, -0.2) is 14.6 Å². The van der Waals surface area contributed by atoms with E-state index in [2.05, 4.69) is 12.1 Å². The van der Waals surface area contributed by atoms with E-state index in [1.165, 1.54) is 35.1 Å². The van der Waals surface area contributed by atoms with Gasteiger partial charge in [0.2, 0.25) is 0 Å². The van der Waals surface area contributed by atoms with Crippen LogP contribution in [0.1, 0.15) is 34.7 Å². The second-order valence-electron chi connectivity index (χ2n) is 8.64. The number of allylic oxidation sites excluding steroid dienone is 1. The zero-order valence-corrected chi connectivity index (χ0v) is 20.3. The first-order valence-corrected chi connectivity index (χ1v) is 12.5. The topological polar surface area (TPSA) is 97.7 Å². The van der Waals surface area contributed by atoms with Gasteiger partial charge in [-0.2, -0.15) is 0 Å². The number of nitro benzene ring substituents is 1. The number of nitrogens with zero attached hydrogens (tertiary/aromatic N) is 3. The van der Waals surface area contributed by atoms with Crippen molar-refractivity contribution in [2.75, 3.05) is 0 Å². The van der Waals surface area contributed by atoms with Crippen molar-refractivity contribution < 1.29 is 10.0 Å². The first kappa shape index (κ1) is 22.5. The van der Waals surface area contributed by atoms with Crippen LogP contribution in [0.15, 0.2) is 82.1 Å². The quantitative estimate of drug-likeness (QED) is 0.319. The molecule has 2 aliphatic rings. The summed E-state index contributed by atoms with van der Waals surface area (Å²) in [7, 11) is 0. The summed E-state index contributed by atoms with van der Waals surface area (Å²) in [6.07, 6.45) is 3.18. The number of fused-ring (bicyclic) bond motifs is 3. The summed E-state index contributed by atoms with van der Waals surface area (Å²) >= 11 is 7.87. The molecule has 2 heterocycles. The molecule has 0 saturated heterocycles. The van der Waals surface area contributed by atoms with Gasteiger partial charge in [-0.3, -0.25) is 19.5 Å². The molecular formula is C27H18ClN3O4S. The molecule has 0 radical (unpaired) electrons. The molecule has 6 rings (SSSR count). The Morgan fingerprint density at radius 1 is 1.11 bits per heavy atom. The third-order valence-corrected chi connectivity index (χ3v) is 7.89. The van der Waals surface area contributed by atoms with Crippen molar-refractivity contribution >= 4 is 40.4 Å². The highest BCUT2D eigenvalue weighted by Crippen LogP contribution is 2.42. The molecule has 1 N–H and O–H groups in total. The van der Waals surface area contributed by atoms with Crippen LogP contribution < -0.4 is 14.9 Å². The fraction of sp³-hybridized carbons (Fsp3) is 0.111. The first-order chi connectivity index (χ1) is 17.4. The van der Waals surface area contributed by atoms with Crippen molar-refractivity contribution in [3.8, 4) is 5.75 Å². The largest absolute Gasteiger partial charge is 0.502 e. The summed E-state index contributed by atoms with van der Waals surface area (Å²) < 4.78 is 2.07. The summed E-state index contributed by atoms with van der Waals surface area (Å²) in [5, 5.41) is 21.6. The lowest BCUT2D eigenvalue weighted by Crippen LogP contribution is -2.38. The molecule has 1 aromatic heterocycles. The number of phenols is 1. The van der Waals surface area contributed by atoms with E-state index in [1.807, 2.05) is 36.4 Å². The molecule has 4 aromatic rings. The molecule has 0 saturated carbocycles. The Morgan fingerprint density at radius 2 is 1.89 bits per heavy atom. The fourth-order valence-corrected chi connectivity index (χ4v) is 6.16. The molecule has 0 amide bonds. The lowest BCUT2D eigenvalue weighted by atomic mass is 9.83. The van der Waals surface area contributed by atoms with E-state index in [0.717, 1.165) is 35.2 Å². The highest BCUT2D eigenvalue weighted by Gasteiger charge is 2.33. The van der Waals surface area contributed by atoms with Gasteiger partial charge in [-0.05, 0) is 53.3 Å². The average molecular weight is 516 g/mol. The Kier molecular flexibility index (Phi) is 5.35. The van der Waals surface area contributed by atoms with Crippen LogP contribution in [0.3, 0.4) is 0 Å². The number of aromatic nitrogens is 1. The Morgan fingerprint density at radius 3 is 2.69 bits per heavy atom. The number of thiazole rings is 1. The van der Waals surface area contributed by atoms with Crippen molar-refractivity contribution in [2.45, 2.75) is 18.9 Å². The van der Waals surface area contributed by atoms with Crippen LogP contribution in [0.2, 0.25) is 5.02 Å². The molecule has 9 heteroatoms. The number of hydrogen-bond acceptors (Lipinski definition) is 6. The second-order valence-corrected chi connectivity index (χ2v) is 10.1. The molecule has 7 nitrogen and oxygen atoms in total. The highest BCUT2D eigenvalue weighted by atomic mass is 35.5. The maximum atomic E-state index is 13.8. The number of aryl methyl sites for hydroxylation is 1. The van der Waals surface area contributed by atoms with Gasteiger partial charge in [0.25, 0.3) is 5.56 Å². The smallest absolute Gasteiger partial charge is 0.311 e. The Labute approximate surface area is 213 Å². The summed E-state index contributed by atoms with van der Waals surface area (Å²) in [5.41, 5.74) is 4.79. The average Bonchev–Trinajstić information content (AvgIpc) is 3.18. The molecule has 0 spiro atoms. The van der Waals surface area contributed by atoms with Crippen LogP contribution in [-0.2, 0) is 6.42 Å². The van der Waals surface area contributed by atoms with Crippen LogP contribution in [0.4, 0.5) is 5.69 Å². The number of rotatable bonds is 3. The zero-order chi connectivity index (χ0) is 25.0. The maximum absolute atomic E-state index is 13.8. The van der Waals surface area contributed by atoms with Crippen LogP contribution >= 0.6 is 22.9 Å². The summed E-state index contributed by atoms with van der Waals surface area (Å²) in [6.45, 7) is 0. The van der Waals surface area contributed by atoms with Crippen molar-refractivity contribution in [2.24, 2.45) is 4.99 Å². The van der Waals surface area contributed by atoms with Crippen molar-refractivity contribution in [3.05, 3.63) is 129 Å². The van der Waals surface area contributed by atoms with Gasteiger partial charge < -0.3 is 5.11 Å². The molecule has 1 aliphatic carbocycles. The molecule has 0 fully saturated rings. The third-order valence-electron chi connectivity index (χ3n) is 6.57. The Balaban J connectivity index is 1.62. The Bertz CT molecular complexity index is 1790. The van der Waals surface area contributed by atoms with E-state index in [9.17, 15) is 20.0 Å². The van der Waals surface area contributed by atoms with E-state index in [0.29, 0.717) is 19.9 Å². The van der Waals surface area contributed by atoms with E-state index in [4.69, 9.17) is 16.6 Å². The highest BCUT2D eigenvalue weighted by molar-refractivity contribution is 7.07. The first-order valence-electron chi connectivity index (χ1n) is 11.3. The number of hydrogen-bond donors (Lipinski definition) is 1. The Hall–Kier alpha value is -4.01. The SMILES string of the molecule is O=c1c(=Cc2ccc(O)c([N+](=O)[O-])c2)sc2n1[C@@H](c1ccccc1Cl)C1=C(N=2)c2ccccc2CC1. The molecule has 1 atom stereocenters. The van der Waals surface area contributed by atoms with Gasteiger partial charge in [-0.25, -0.2) is 4.99 Å². The molecule has 0 bridgehead atoms. The van der Waals surface area contributed by atoms with Crippen LogP contribution in [0.25, 0.3) is 11.8 Å². The summed E-state index contributed by atoms with van der Waals surface area (Å²) in [6, 6.07) is 19.3. The number of aromatic hydroxyl groups is 1. The molecule has 36 heavy (non-hydrogen) atoms. The predicted octanol–water partition coefficient (Wildman–Crippen LogP) is 4.59. The van der Waals surface area contributed by atoms with Crippen molar-refractivity contribution in [1.82, 2.24) is 4.57 Å². The summed E-state index contributed by atoms with van der Waals surface area (Å²) in [4.78, 5) is 29.8. The molecule has 3 aromatic carbocycles. The van der Waals surface area contributed by atoms with Gasteiger partial charge in [0, 0.05) is 16.7 Å². The van der Waals surface area contributed by atoms with Gasteiger partial charge in [-0.15, -0.1) is 0 Å². The minimum Gasteiger partial charge on any atom is -0.502 e. The normalized spacial score (nSPS) is 16.7. The molecule has 0 unspecified atom stereocenters. The number of nitro groups is 1. The fourth-order valence-electron chi connectivity index (χ4n) is 4.92. The number of benzene rings is 3. The standard InChI is InChI=1S/C27H18ClN3O4S/c28-20-8-4-3-7-18(20)25-19-11-10-16-5-1-2-6-17(16)24(19)29-27-30(25)26(33)23(36-27)14-15-9-12-22(32)21(13-15)31(34)35/h1-9,12-14,25,32H,10-11H2/t25-/m0/s1. The lowest BCUT2D eigenvalue weighted by molar-refractivity contribution is -0.385. The monoisotopic (exact) mass is 515 g/mol. The lowest BCUT2D eigenvalue weighted by Gasteiger charge is -2.31. The van der Waals surface area contributed by atoms with Crippen LogP contribution in [0, 0.1) is 10.1 Å². The number of phenolic OH excluding ortho intramolecular Hbond substituents is 1. The van der Waals surface area contributed by atoms with Gasteiger partial charge in [0.1, 0.15) is 0 Å². The molecule has 1 aliphatic heterocycles. The minimum atomic E-state index is -0.656. The second kappa shape index (κ2) is 8.58.